The molecule has 2 aromatic carbocycles. The van der Waals surface area contributed by atoms with Crippen molar-refractivity contribution in [2.24, 2.45) is 5.41 Å². The topological polar surface area (TPSA) is 80.5 Å². The highest BCUT2D eigenvalue weighted by Crippen LogP contribution is 2.39. The van der Waals surface area contributed by atoms with Crippen LogP contribution in [0.4, 0.5) is 6.01 Å². The summed E-state index contributed by atoms with van der Waals surface area (Å²) in [5, 5.41) is 11.2. The first-order valence-electron chi connectivity index (χ1n) is 9.75. The molecule has 5 rings (SSSR count). The molecule has 1 saturated heterocycles. The Morgan fingerprint density at radius 2 is 1.90 bits per heavy atom. The third-order valence-electron chi connectivity index (χ3n) is 5.65. The van der Waals surface area contributed by atoms with Crippen molar-refractivity contribution in [3.8, 4) is 5.75 Å². The summed E-state index contributed by atoms with van der Waals surface area (Å²) in [5.41, 5.74) is 1.60. The fourth-order valence-electron chi connectivity index (χ4n) is 4.15. The fourth-order valence-corrected chi connectivity index (χ4v) is 4.15. The normalized spacial score (nSPS) is 19.2. The number of carbonyl (C=O) groups is 1. The van der Waals surface area contributed by atoms with Crippen molar-refractivity contribution < 1.29 is 13.9 Å². The van der Waals surface area contributed by atoms with Gasteiger partial charge in [-0.3, -0.25) is 4.79 Å². The number of aryl methyl sites for hydroxylation is 1. The number of anilines is 1. The smallest absolute Gasteiger partial charge is 0.318 e. The number of carbonyl (C=O) groups excluding carboxylic acids is 1. The van der Waals surface area contributed by atoms with Gasteiger partial charge in [0.15, 0.2) is 0 Å². The second-order valence-electron chi connectivity index (χ2n) is 7.78. The molecule has 3 heterocycles. The number of para-hydroxylation sites is 1. The minimum absolute atomic E-state index is 0.0270. The van der Waals surface area contributed by atoms with E-state index in [1.54, 1.807) is 6.92 Å². The number of amides is 1. The Labute approximate surface area is 168 Å². The molecule has 148 valence electrons. The molecule has 0 aliphatic carbocycles. The highest BCUT2D eigenvalue weighted by molar-refractivity contribution is 5.86. The molecule has 0 spiro atoms. The number of nitrogens with zero attached hydrogens (tertiary/aromatic N) is 3. The molecule has 29 heavy (non-hydrogen) atoms. The molecule has 1 N–H and O–H groups in total. The third-order valence-corrected chi connectivity index (χ3v) is 5.65. The van der Waals surface area contributed by atoms with Crippen LogP contribution in [0, 0.1) is 12.3 Å². The van der Waals surface area contributed by atoms with Gasteiger partial charge in [0.2, 0.25) is 11.8 Å². The van der Waals surface area contributed by atoms with Crippen LogP contribution in [-0.2, 0) is 11.2 Å². The van der Waals surface area contributed by atoms with Crippen LogP contribution in [0.1, 0.15) is 23.1 Å². The Hall–Kier alpha value is -3.35. The molecule has 3 aromatic rings. The summed E-state index contributed by atoms with van der Waals surface area (Å²) in [5.74, 6) is 1.38. The minimum Gasteiger partial charge on any atom is -0.491 e. The fraction of sp³-hybridized carbons (Fsp3) is 0.318. The number of rotatable bonds is 5. The zero-order valence-corrected chi connectivity index (χ0v) is 16.2. The maximum Gasteiger partial charge on any atom is 0.318 e. The van der Waals surface area contributed by atoms with E-state index in [4.69, 9.17) is 9.15 Å². The second kappa shape index (κ2) is 6.92. The Bertz CT molecular complexity index is 1030. The van der Waals surface area contributed by atoms with E-state index in [0.717, 1.165) is 16.9 Å². The van der Waals surface area contributed by atoms with Gasteiger partial charge in [-0.15, -0.1) is 5.10 Å². The van der Waals surface area contributed by atoms with E-state index in [9.17, 15) is 4.79 Å². The van der Waals surface area contributed by atoms with E-state index >= 15 is 0 Å². The number of hydrogen-bond acceptors (Lipinski definition) is 6. The highest BCUT2D eigenvalue weighted by atomic mass is 16.5. The zero-order chi connectivity index (χ0) is 19.8. The number of nitrogens with one attached hydrogen (secondary N) is 1. The molecule has 2 aliphatic heterocycles. The van der Waals surface area contributed by atoms with Crippen molar-refractivity contribution in [1.29, 1.82) is 0 Å². The molecule has 1 atom stereocenters. The van der Waals surface area contributed by atoms with Crippen molar-refractivity contribution in [1.82, 2.24) is 15.5 Å². The molecule has 0 radical (unpaired) electrons. The van der Waals surface area contributed by atoms with E-state index in [1.807, 2.05) is 47.4 Å². The van der Waals surface area contributed by atoms with Crippen LogP contribution in [-0.4, -0.2) is 35.8 Å². The molecule has 0 saturated carbocycles. The second-order valence-corrected chi connectivity index (χ2v) is 7.78. The maximum absolute atomic E-state index is 13.4. The molecule has 7 nitrogen and oxygen atoms in total. The summed E-state index contributed by atoms with van der Waals surface area (Å²) in [6.07, 6.45) is 0.651. The first-order valence-corrected chi connectivity index (χ1v) is 9.75. The molecular weight excluding hydrogens is 368 g/mol. The molecule has 1 aromatic heterocycles. The molecule has 1 amide bonds. The van der Waals surface area contributed by atoms with Crippen LogP contribution in [0.25, 0.3) is 0 Å². The van der Waals surface area contributed by atoms with Crippen LogP contribution >= 0.6 is 0 Å². The summed E-state index contributed by atoms with van der Waals surface area (Å²) < 4.78 is 11.3. The monoisotopic (exact) mass is 390 g/mol. The maximum atomic E-state index is 13.4. The minimum atomic E-state index is -0.554. The largest absolute Gasteiger partial charge is 0.491 e. The van der Waals surface area contributed by atoms with Crippen LogP contribution in [0.2, 0.25) is 0 Å². The highest BCUT2D eigenvalue weighted by Gasteiger charge is 2.51. The zero-order valence-electron chi connectivity index (χ0n) is 16.2. The average molecular weight is 390 g/mol. The summed E-state index contributed by atoms with van der Waals surface area (Å²) in [4.78, 5) is 15.4. The van der Waals surface area contributed by atoms with Gasteiger partial charge in [-0.25, -0.2) is 0 Å². The molecule has 0 bridgehead atoms. The molecule has 1 fully saturated rings. The number of hydrogen-bond donors (Lipinski definition) is 1. The Morgan fingerprint density at radius 3 is 2.66 bits per heavy atom. The van der Waals surface area contributed by atoms with Gasteiger partial charge in [0, 0.05) is 25.6 Å². The summed E-state index contributed by atoms with van der Waals surface area (Å²) in [7, 11) is 0. The lowest BCUT2D eigenvalue weighted by molar-refractivity contribution is -0.133. The predicted octanol–water partition coefficient (Wildman–Crippen LogP) is 2.68. The molecule has 7 heteroatoms. The van der Waals surface area contributed by atoms with Crippen molar-refractivity contribution in [2.45, 2.75) is 19.4 Å². The Morgan fingerprint density at radius 1 is 1.14 bits per heavy atom. The lowest BCUT2D eigenvalue weighted by Crippen LogP contribution is -2.65. The van der Waals surface area contributed by atoms with Gasteiger partial charge in [0.25, 0.3) is 0 Å². The van der Waals surface area contributed by atoms with E-state index < -0.39 is 5.41 Å². The average Bonchev–Trinajstić information content (AvgIpc) is 3.31. The van der Waals surface area contributed by atoms with E-state index in [0.29, 0.717) is 38.0 Å². The van der Waals surface area contributed by atoms with Gasteiger partial charge in [0.1, 0.15) is 12.4 Å². The molecule has 2 aliphatic rings. The standard InChI is InChI=1S/C22H22N4O3/c1-15-24-25-21(29-15)26-13-22(14-26,11-16-7-3-2-4-8-16)20(27)23-18-12-28-19-10-6-5-9-17(18)19/h2-10,18H,11-14H2,1H3,(H,23,27). The van der Waals surface area contributed by atoms with Crippen LogP contribution in [0.5, 0.6) is 5.75 Å². The third kappa shape index (κ3) is 3.22. The van der Waals surface area contributed by atoms with Gasteiger partial charge in [-0.05, 0) is 18.1 Å². The first-order chi connectivity index (χ1) is 14.1. The molecular formula is C22H22N4O3. The van der Waals surface area contributed by atoms with Crippen LogP contribution in [0.3, 0.4) is 0 Å². The van der Waals surface area contributed by atoms with Gasteiger partial charge in [-0.1, -0.05) is 53.6 Å². The SMILES string of the molecule is Cc1nnc(N2CC(Cc3ccccc3)(C(=O)NC3COc4ccccc43)C2)o1. The van der Waals surface area contributed by atoms with Crippen molar-refractivity contribution in [3.05, 3.63) is 71.6 Å². The van der Waals surface area contributed by atoms with E-state index in [-0.39, 0.29) is 11.9 Å². The van der Waals surface area contributed by atoms with E-state index in [1.165, 1.54) is 0 Å². The van der Waals surface area contributed by atoms with Crippen molar-refractivity contribution in [2.75, 3.05) is 24.6 Å². The number of fused-ring (bicyclic) bond motifs is 1. The lowest BCUT2D eigenvalue weighted by Gasteiger charge is -2.48. The van der Waals surface area contributed by atoms with Crippen LogP contribution in [0.15, 0.2) is 59.0 Å². The van der Waals surface area contributed by atoms with Crippen molar-refractivity contribution >= 4 is 11.9 Å². The number of benzene rings is 2. The van der Waals surface area contributed by atoms with Gasteiger partial charge < -0.3 is 19.4 Å². The lowest BCUT2D eigenvalue weighted by atomic mass is 9.73. The predicted molar refractivity (Wildman–Crippen MR) is 107 cm³/mol. The van der Waals surface area contributed by atoms with E-state index in [2.05, 4.69) is 27.6 Å². The summed E-state index contributed by atoms with van der Waals surface area (Å²) >= 11 is 0. The van der Waals surface area contributed by atoms with Gasteiger partial charge >= 0.3 is 6.01 Å². The Balaban J connectivity index is 1.37. The quantitative estimate of drug-likeness (QED) is 0.722. The first kappa shape index (κ1) is 17.7. The number of aromatic nitrogens is 2. The number of ether oxygens (including phenoxy) is 1. The van der Waals surface area contributed by atoms with Gasteiger partial charge in [-0.2, -0.15) is 0 Å². The Kier molecular flexibility index (Phi) is 4.23. The summed E-state index contributed by atoms with van der Waals surface area (Å²) in [6.45, 7) is 3.28. The van der Waals surface area contributed by atoms with Crippen molar-refractivity contribution in [3.63, 3.8) is 0 Å². The summed E-state index contributed by atoms with van der Waals surface area (Å²) in [6, 6.07) is 18.3. The van der Waals surface area contributed by atoms with Gasteiger partial charge in [0.05, 0.1) is 11.5 Å². The van der Waals surface area contributed by atoms with Crippen LogP contribution < -0.4 is 15.0 Å². The molecule has 1 unspecified atom stereocenters.